The van der Waals surface area contributed by atoms with Gasteiger partial charge >= 0.3 is 0 Å². The predicted molar refractivity (Wildman–Crippen MR) is 79.5 cm³/mol. The van der Waals surface area contributed by atoms with Crippen molar-refractivity contribution in [2.45, 2.75) is 38.6 Å². The van der Waals surface area contributed by atoms with Crippen molar-refractivity contribution in [3.8, 4) is 0 Å². The molecule has 2 N–H and O–H groups in total. The molecule has 0 saturated carbocycles. The fourth-order valence-electron chi connectivity index (χ4n) is 2.16. The van der Waals surface area contributed by atoms with E-state index >= 15 is 0 Å². The molecule has 1 aliphatic heterocycles. The summed E-state index contributed by atoms with van der Waals surface area (Å²) in [6.45, 7) is 3.28. The number of nitrogens with one attached hydrogen (secondary N) is 2. The van der Waals surface area contributed by atoms with Crippen LogP contribution in [0, 0.1) is 0 Å². The lowest BCUT2D eigenvalue weighted by atomic mass is 10.1. The fraction of sp³-hybridized carbons (Fsp3) is 0.769. The Morgan fingerprint density at radius 1 is 1.20 bits per heavy atom. The van der Waals surface area contributed by atoms with E-state index < -0.39 is 6.04 Å². The van der Waals surface area contributed by atoms with Gasteiger partial charge in [0, 0.05) is 38.7 Å². The van der Waals surface area contributed by atoms with Gasteiger partial charge in [0.2, 0.25) is 17.7 Å². The van der Waals surface area contributed by atoms with E-state index in [0.29, 0.717) is 6.42 Å². The van der Waals surface area contributed by atoms with Crippen molar-refractivity contribution >= 4 is 30.4 Å². The third-order valence-corrected chi connectivity index (χ3v) is 3.59. The van der Waals surface area contributed by atoms with Crippen molar-refractivity contribution in [1.29, 1.82) is 0 Å². The topological polar surface area (TPSA) is 78.5 Å². The molecule has 1 atom stereocenters. The Morgan fingerprint density at radius 3 is 2.40 bits per heavy atom. The smallest absolute Gasteiger partial charge is 0.243 e. The van der Waals surface area contributed by atoms with Crippen LogP contribution in [0.5, 0.6) is 0 Å². The lowest BCUT2D eigenvalue weighted by Crippen LogP contribution is -2.48. The standard InChI is InChI=1S/C13H23N3O3S/c1-10(17)15-11(9-20)13(19)14-6-5-12(18)16-7-3-2-4-8-16/h11,20H,2-9H2,1H3,(H,14,19)(H,15,17). The maximum atomic E-state index is 11.9. The summed E-state index contributed by atoms with van der Waals surface area (Å²) in [7, 11) is 0. The van der Waals surface area contributed by atoms with E-state index in [1.165, 1.54) is 13.3 Å². The van der Waals surface area contributed by atoms with E-state index in [0.717, 1.165) is 25.9 Å². The zero-order valence-corrected chi connectivity index (χ0v) is 12.7. The van der Waals surface area contributed by atoms with Gasteiger partial charge in [0.05, 0.1) is 0 Å². The minimum absolute atomic E-state index is 0.0759. The predicted octanol–water partition coefficient (Wildman–Crippen LogP) is -0.0603. The number of piperidine rings is 1. The Bertz CT molecular complexity index is 357. The molecule has 0 aromatic rings. The van der Waals surface area contributed by atoms with Crippen LogP contribution in [0.4, 0.5) is 0 Å². The van der Waals surface area contributed by atoms with Crippen molar-refractivity contribution in [3.63, 3.8) is 0 Å². The molecule has 0 spiro atoms. The number of nitrogens with zero attached hydrogens (tertiary/aromatic N) is 1. The van der Waals surface area contributed by atoms with Crippen molar-refractivity contribution in [1.82, 2.24) is 15.5 Å². The molecule has 1 saturated heterocycles. The summed E-state index contributed by atoms with van der Waals surface area (Å²) in [6.07, 6.45) is 3.59. The summed E-state index contributed by atoms with van der Waals surface area (Å²) in [5.74, 6) is -0.275. The van der Waals surface area contributed by atoms with Gasteiger partial charge in [-0.15, -0.1) is 0 Å². The third kappa shape index (κ3) is 5.81. The quantitative estimate of drug-likeness (QED) is 0.601. The van der Waals surface area contributed by atoms with E-state index in [1.54, 1.807) is 0 Å². The molecule has 3 amide bonds. The molecule has 1 unspecified atom stereocenters. The van der Waals surface area contributed by atoms with Crippen LogP contribution >= 0.6 is 12.6 Å². The Morgan fingerprint density at radius 2 is 1.85 bits per heavy atom. The number of carbonyl (C=O) groups is 3. The highest BCUT2D eigenvalue weighted by atomic mass is 32.1. The maximum Gasteiger partial charge on any atom is 0.243 e. The second kappa shape index (κ2) is 8.84. The SMILES string of the molecule is CC(=O)NC(CS)C(=O)NCCC(=O)N1CCCCC1. The van der Waals surface area contributed by atoms with Gasteiger partial charge in [0.25, 0.3) is 0 Å². The van der Waals surface area contributed by atoms with Gasteiger partial charge in [-0.05, 0) is 19.3 Å². The van der Waals surface area contributed by atoms with Gasteiger partial charge in [-0.3, -0.25) is 14.4 Å². The van der Waals surface area contributed by atoms with E-state index in [-0.39, 0.29) is 30.0 Å². The van der Waals surface area contributed by atoms with E-state index in [1.807, 2.05) is 4.90 Å². The van der Waals surface area contributed by atoms with Crippen LogP contribution < -0.4 is 10.6 Å². The van der Waals surface area contributed by atoms with Crippen LogP contribution in [0.1, 0.15) is 32.6 Å². The molecule has 0 aromatic heterocycles. The summed E-state index contributed by atoms with van der Waals surface area (Å²) in [4.78, 5) is 36.4. The molecule has 6 nitrogen and oxygen atoms in total. The van der Waals surface area contributed by atoms with Crippen LogP contribution in [-0.2, 0) is 14.4 Å². The number of hydrogen-bond acceptors (Lipinski definition) is 4. The zero-order valence-electron chi connectivity index (χ0n) is 11.9. The molecule has 1 aliphatic rings. The molecule has 0 aromatic carbocycles. The molecule has 0 radical (unpaired) electrons. The first kappa shape index (κ1) is 16.8. The Hall–Kier alpha value is -1.24. The number of hydrogen-bond donors (Lipinski definition) is 3. The monoisotopic (exact) mass is 301 g/mol. The fourth-order valence-corrected chi connectivity index (χ4v) is 2.41. The highest BCUT2D eigenvalue weighted by molar-refractivity contribution is 7.80. The Labute approximate surface area is 125 Å². The van der Waals surface area contributed by atoms with Gasteiger partial charge in [-0.25, -0.2) is 0 Å². The van der Waals surface area contributed by atoms with E-state index in [2.05, 4.69) is 23.3 Å². The van der Waals surface area contributed by atoms with Crippen molar-refractivity contribution in [2.24, 2.45) is 0 Å². The summed E-state index contributed by atoms with van der Waals surface area (Å²) < 4.78 is 0. The largest absolute Gasteiger partial charge is 0.354 e. The molecule has 20 heavy (non-hydrogen) atoms. The second-order valence-electron chi connectivity index (χ2n) is 4.92. The molecular formula is C13H23N3O3S. The van der Waals surface area contributed by atoms with Gasteiger partial charge in [0.1, 0.15) is 6.04 Å². The van der Waals surface area contributed by atoms with Crippen molar-refractivity contribution in [2.75, 3.05) is 25.4 Å². The highest BCUT2D eigenvalue weighted by Crippen LogP contribution is 2.09. The summed E-state index contributed by atoms with van der Waals surface area (Å²) in [5, 5.41) is 5.17. The normalized spacial score (nSPS) is 16.4. The van der Waals surface area contributed by atoms with Crippen LogP contribution in [0.25, 0.3) is 0 Å². The third-order valence-electron chi connectivity index (χ3n) is 3.22. The number of likely N-dealkylation sites (tertiary alicyclic amines) is 1. The Balaban J connectivity index is 2.26. The van der Waals surface area contributed by atoms with Gasteiger partial charge in [-0.2, -0.15) is 12.6 Å². The first-order valence-electron chi connectivity index (χ1n) is 6.98. The number of thiol groups is 1. The average Bonchev–Trinajstić information content (AvgIpc) is 2.45. The molecule has 1 fully saturated rings. The molecular weight excluding hydrogens is 278 g/mol. The second-order valence-corrected chi connectivity index (χ2v) is 5.28. The summed E-state index contributed by atoms with van der Waals surface area (Å²) in [6, 6.07) is -0.652. The minimum Gasteiger partial charge on any atom is -0.354 e. The van der Waals surface area contributed by atoms with Crippen LogP contribution in [0.15, 0.2) is 0 Å². The van der Waals surface area contributed by atoms with Crippen LogP contribution in [-0.4, -0.2) is 54.1 Å². The van der Waals surface area contributed by atoms with Gasteiger partial charge < -0.3 is 15.5 Å². The average molecular weight is 301 g/mol. The summed E-state index contributed by atoms with van der Waals surface area (Å²) >= 11 is 4.02. The first-order chi connectivity index (χ1) is 9.54. The lowest BCUT2D eigenvalue weighted by molar-refractivity contribution is -0.132. The van der Waals surface area contributed by atoms with Crippen molar-refractivity contribution < 1.29 is 14.4 Å². The highest BCUT2D eigenvalue weighted by Gasteiger charge is 2.19. The van der Waals surface area contributed by atoms with Gasteiger partial charge in [0.15, 0.2) is 0 Å². The summed E-state index contributed by atoms with van der Waals surface area (Å²) in [5.41, 5.74) is 0. The van der Waals surface area contributed by atoms with Crippen LogP contribution in [0.3, 0.4) is 0 Å². The van der Waals surface area contributed by atoms with E-state index in [4.69, 9.17) is 0 Å². The minimum atomic E-state index is -0.652. The first-order valence-corrected chi connectivity index (χ1v) is 7.61. The molecule has 1 rings (SSSR count). The Kier molecular flexibility index (Phi) is 7.43. The maximum absolute atomic E-state index is 11.9. The van der Waals surface area contributed by atoms with Crippen molar-refractivity contribution in [3.05, 3.63) is 0 Å². The molecule has 0 bridgehead atoms. The number of rotatable bonds is 6. The van der Waals surface area contributed by atoms with Crippen LogP contribution in [0.2, 0.25) is 0 Å². The zero-order chi connectivity index (χ0) is 15.0. The van der Waals surface area contributed by atoms with E-state index in [9.17, 15) is 14.4 Å². The molecule has 1 heterocycles. The molecule has 0 aliphatic carbocycles. The number of carbonyl (C=O) groups excluding carboxylic acids is 3. The van der Waals surface area contributed by atoms with Gasteiger partial charge in [-0.1, -0.05) is 0 Å². The number of amides is 3. The molecule has 114 valence electrons. The lowest BCUT2D eigenvalue weighted by Gasteiger charge is -2.26. The molecule has 7 heteroatoms.